The van der Waals surface area contributed by atoms with E-state index < -0.39 is 0 Å². The summed E-state index contributed by atoms with van der Waals surface area (Å²) < 4.78 is 7.24. The van der Waals surface area contributed by atoms with Gasteiger partial charge in [-0.3, -0.25) is 4.68 Å². The molecule has 0 spiro atoms. The van der Waals surface area contributed by atoms with Crippen molar-refractivity contribution in [2.75, 3.05) is 31.2 Å². The Kier molecular flexibility index (Phi) is 2.85. The van der Waals surface area contributed by atoms with Crippen molar-refractivity contribution in [1.82, 2.24) is 25.0 Å². The van der Waals surface area contributed by atoms with E-state index in [1.165, 1.54) is 0 Å². The average Bonchev–Trinajstić information content (AvgIpc) is 3.13. The zero-order valence-electron chi connectivity index (χ0n) is 11.8. The molecular weight excluding hydrogens is 268 g/mol. The lowest BCUT2D eigenvalue weighted by molar-refractivity contribution is 0.123. The van der Waals surface area contributed by atoms with Gasteiger partial charge in [-0.2, -0.15) is 10.2 Å². The molecule has 3 aromatic rings. The van der Waals surface area contributed by atoms with E-state index in [9.17, 15) is 0 Å². The smallest absolute Gasteiger partial charge is 0.162 e. The lowest BCUT2D eigenvalue weighted by atomic mass is 10.1. The molecule has 7 nitrogen and oxygen atoms in total. The standard InChI is InChI=1S/C14H16N6O/c1-19-9-10(6-17-19)11-7-15-14-13(11)12(8-16-18-14)20-2-4-21-5-3-20/h6-9H,2-5H2,1H3,(H,15,18). The lowest BCUT2D eigenvalue weighted by Crippen LogP contribution is -2.36. The summed E-state index contributed by atoms with van der Waals surface area (Å²) in [5, 5.41) is 13.7. The molecule has 4 heterocycles. The summed E-state index contributed by atoms with van der Waals surface area (Å²) in [6.45, 7) is 3.24. The normalized spacial score (nSPS) is 15.8. The minimum Gasteiger partial charge on any atom is -0.378 e. The van der Waals surface area contributed by atoms with Gasteiger partial charge in [0, 0.05) is 43.7 Å². The van der Waals surface area contributed by atoms with Crippen LogP contribution < -0.4 is 4.90 Å². The third kappa shape index (κ3) is 2.06. The van der Waals surface area contributed by atoms with E-state index in [1.807, 2.05) is 31.8 Å². The highest BCUT2D eigenvalue weighted by atomic mass is 16.5. The van der Waals surface area contributed by atoms with Crippen LogP contribution in [-0.2, 0) is 11.8 Å². The third-order valence-electron chi connectivity index (χ3n) is 3.82. The van der Waals surface area contributed by atoms with Crippen LogP contribution in [0.2, 0.25) is 0 Å². The number of ether oxygens (including phenoxy) is 1. The van der Waals surface area contributed by atoms with Crippen LogP contribution >= 0.6 is 0 Å². The monoisotopic (exact) mass is 284 g/mol. The molecule has 0 bridgehead atoms. The molecule has 3 aromatic heterocycles. The number of nitrogens with one attached hydrogen (secondary N) is 1. The third-order valence-corrected chi connectivity index (χ3v) is 3.82. The zero-order valence-corrected chi connectivity index (χ0v) is 11.8. The van der Waals surface area contributed by atoms with Gasteiger partial charge in [0.25, 0.3) is 0 Å². The second-order valence-electron chi connectivity index (χ2n) is 5.16. The molecule has 1 aliphatic heterocycles. The molecule has 1 fully saturated rings. The molecule has 1 saturated heterocycles. The minimum atomic E-state index is 0.746. The van der Waals surface area contributed by atoms with Gasteiger partial charge >= 0.3 is 0 Å². The topological polar surface area (TPSA) is 71.9 Å². The first kappa shape index (κ1) is 12.3. The number of fused-ring (bicyclic) bond motifs is 1. The Balaban J connectivity index is 1.88. The van der Waals surface area contributed by atoms with Crippen molar-refractivity contribution in [3.05, 3.63) is 24.8 Å². The fourth-order valence-electron chi connectivity index (χ4n) is 2.79. The van der Waals surface area contributed by atoms with Crippen molar-refractivity contribution in [2.45, 2.75) is 0 Å². The molecule has 0 saturated carbocycles. The number of morpholine rings is 1. The lowest BCUT2D eigenvalue weighted by Gasteiger charge is -2.29. The number of anilines is 1. The molecule has 0 amide bonds. The van der Waals surface area contributed by atoms with Crippen molar-refractivity contribution < 1.29 is 4.74 Å². The van der Waals surface area contributed by atoms with Gasteiger partial charge in [-0.25, -0.2) is 0 Å². The van der Waals surface area contributed by atoms with Crippen LogP contribution in [0.25, 0.3) is 22.2 Å². The summed E-state index contributed by atoms with van der Waals surface area (Å²) in [7, 11) is 1.92. The summed E-state index contributed by atoms with van der Waals surface area (Å²) in [4.78, 5) is 5.51. The van der Waals surface area contributed by atoms with Crippen LogP contribution in [-0.4, -0.2) is 51.3 Å². The highest BCUT2D eigenvalue weighted by Gasteiger charge is 2.19. The van der Waals surface area contributed by atoms with Gasteiger partial charge in [-0.15, -0.1) is 5.10 Å². The zero-order chi connectivity index (χ0) is 14.2. The summed E-state index contributed by atoms with van der Waals surface area (Å²) in [6, 6.07) is 0. The fraction of sp³-hybridized carbons (Fsp3) is 0.357. The van der Waals surface area contributed by atoms with E-state index in [2.05, 4.69) is 25.2 Å². The van der Waals surface area contributed by atoms with E-state index in [0.29, 0.717) is 0 Å². The number of aromatic nitrogens is 5. The highest BCUT2D eigenvalue weighted by molar-refractivity contribution is 6.02. The molecule has 1 aliphatic rings. The van der Waals surface area contributed by atoms with Gasteiger partial charge in [0.1, 0.15) is 0 Å². The Morgan fingerprint density at radius 1 is 1.24 bits per heavy atom. The molecule has 0 aliphatic carbocycles. The van der Waals surface area contributed by atoms with Crippen molar-refractivity contribution in [1.29, 1.82) is 0 Å². The molecule has 21 heavy (non-hydrogen) atoms. The van der Waals surface area contributed by atoms with Crippen LogP contribution in [0, 0.1) is 0 Å². The SMILES string of the molecule is Cn1cc(-c2c[nH]c3nncc(N4CCOCC4)c23)cn1. The van der Waals surface area contributed by atoms with Gasteiger partial charge in [0.2, 0.25) is 0 Å². The van der Waals surface area contributed by atoms with E-state index >= 15 is 0 Å². The van der Waals surface area contributed by atoms with Crippen LogP contribution in [0.3, 0.4) is 0 Å². The van der Waals surface area contributed by atoms with Gasteiger partial charge < -0.3 is 14.6 Å². The molecule has 4 rings (SSSR count). The number of hydrogen-bond acceptors (Lipinski definition) is 5. The van der Waals surface area contributed by atoms with Gasteiger partial charge in [0.05, 0.1) is 36.7 Å². The largest absolute Gasteiger partial charge is 0.378 e. The van der Waals surface area contributed by atoms with Crippen molar-refractivity contribution >= 4 is 16.7 Å². The maximum absolute atomic E-state index is 5.43. The number of nitrogens with zero attached hydrogens (tertiary/aromatic N) is 5. The maximum Gasteiger partial charge on any atom is 0.162 e. The van der Waals surface area contributed by atoms with Crippen LogP contribution in [0.5, 0.6) is 0 Å². The first-order valence-corrected chi connectivity index (χ1v) is 6.97. The summed E-state index contributed by atoms with van der Waals surface area (Å²) in [5.41, 5.74) is 4.09. The molecule has 108 valence electrons. The van der Waals surface area contributed by atoms with Crippen molar-refractivity contribution in [3.63, 3.8) is 0 Å². The van der Waals surface area contributed by atoms with Crippen LogP contribution in [0.4, 0.5) is 5.69 Å². The van der Waals surface area contributed by atoms with Crippen molar-refractivity contribution in [2.24, 2.45) is 7.05 Å². The Bertz CT molecular complexity index is 771. The van der Waals surface area contributed by atoms with E-state index in [1.54, 1.807) is 4.68 Å². The molecule has 0 aromatic carbocycles. The molecular formula is C14H16N6O. The molecule has 0 atom stereocenters. The predicted octanol–water partition coefficient (Wildman–Crippen LogP) is 1.19. The molecule has 1 N–H and O–H groups in total. The fourth-order valence-corrected chi connectivity index (χ4v) is 2.79. The number of aromatic amines is 1. The van der Waals surface area contributed by atoms with Gasteiger partial charge in [0.15, 0.2) is 5.65 Å². The minimum absolute atomic E-state index is 0.746. The first-order valence-electron chi connectivity index (χ1n) is 6.97. The Morgan fingerprint density at radius 2 is 2.10 bits per heavy atom. The second-order valence-corrected chi connectivity index (χ2v) is 5.16. The predicted molar refractivity (Wildman–Crippen MR) is 79.1 cm³/mol. The van der Waals surface area contributed by atoms with Gasteiger partial charge in [-0.05, 0) is 0 Å². The quantitative estimate of drug-likeness (QED) is 0.765. The number of hydrogen-bond donors (Lipinski definition) is 1. The summed E-state index contributed by atoms with van der Waals surface area (Å²) >= 11 is 0. The second kappa shape index (κ2) is 4.85. The summed E-state index contributed by atoms with van der Waals surface area (Å²) in [6.07, 6.45) is 7.68. The van der Waals surface area contributed by atoms with Crippen LogP contribution in [0.15, 0.2) is 24.8 Å². The van der Waals surface area contributed by atoms with Gasteiger partial charge in [-0.1, -0.05) is 0 Å². The highest BCUT2D eigenvalue weighted by Crippen LogP contribution is 2.34. The van der Waals surface area contributed by atoms with Crippen molar-refractivity contribution in [3.8, 4) is 11.1 Å². The molecule has 0 unspecified atom stereocenters. The Morgan fingerprint density at radius 3 is 2.86 bits per heavy atom. The Labute approximate surface area is 121 Å². The molecule has 7 heteroatoms. The number of aryl methyl sites for hydroxylation is 1. The van der Waals surface area contributed by atoms with E-state index in [4.69, 9.17) is 4.74 Å². The average molecular weight is 284 g/mol. The van der Waals surface area contributed by atoms with Crippen LogP contribution in [0.1, 0.15) is 0 Å². The summed E-state index contributed by atoms with van der Waals surface area (Å²) in [5.74, 6) is 0. The number of rotatable bonds is 2. The maximum atomic E-state index is 5.43. The van der Waals surface area contributed by atoms with E-state index in [-0.39, 0.29) is 0 Å². The Hall–Kier alpha value is -2.41. The van der Waals surface area contributed by atoms with E-state index in [0.717, 1.165) is 54.2 Å². The first-order chi connectivity index (χ1) is 10.3. The molecule has 0 radical (unpaired) electrons. The number of H-pyrrole nitrogens is 1.